The SMILES string of the molecule is Cc1cccc(OCCNC(C)c2cc(F)cc(F)c2)c1. The highest BCUT2D eigenvalue weighted by molar-refractivity contribution is 5.27. The average Bonchev–Trinajstić information content (AvgIpc) is 2.42. The highest BCUT2D eigenvalue weighted by Crippen LogP contribution is 2.16. The van der Waals surface area contributed by atoms with Crippen LogP contribution in [-0.4, -0.2) is 13.2 Å². The maximum absolute atomic E-state index is 13.1. The van der Waals surface area contributed by atoms with E-state index >= 15 is 0 Å². The zero-order chi connectivity index (χ0) is 15.2. The van der Waals surface area contributed by atoms with Crippen molar-refractivity contribution in [3.05, 3.63) is 65.2 Å². The molecule has 2 aromatic carbocycles. The van der Waals surface area contributed by atoms with Gasteiger partial charge in [0.1, 0.15) is 24.0 Å². The lowest BCUT2D eigenvalue weighted by molar-refractivity contribution is 0.307. The summed E-state index contributed by atoms with van der Waals surface area (Å²) in [6, 6.07) is 11.2. The molecule has 0 aliphatic carbocycles. The molecule has 21 heavy (non-hydrogen) atoms. The summed E-state index contributed by atoms with van der Waals surface area (Å²) in [6.45, 7) is 4.95. The van der Waals surface area contributed by atoms with E-state index in [1.807, 2.05) is 38.1 Å². The van der Waals surface area contributed by atoms with Gasteiger partial charge in [-0.05, 0) is 49.2 Å². The normalized spacial score (nSPS) is 12.2. The van der Waals surface area contributed by atoms with Crippen molar-refractivity contribution in [3.63, 3.8) is 0 Å². The molecule has 2 aromatic rings. The maximum Gasteiger partial charge on any atom is 0.126 e. The van der Waals surface area contributed by atoms with Gasteiger partial charge in [0.15, 0.2) is 0 Å². The van der Waals surface area contributed by atoms with Gasteiger partial charge in [-0.1, -0.05) is 12.1 Å². The Morgan fingerprint density at radius 3 is 2.48 bits per heavy atom. The Morgan fingerprint density at radius 1 is 1.10 bits per heavy atom. The van der Waals surface area contributed by atoms with Gasteiger partial charge in [0.25, 0.3) is 0 Å². The van der Waals surface area contributed by atoms with Gasteiger partial charge >= 0.3 is 0 Å². The van der Waals surface area contributed by atoms with Crippen LogP contribution < -0.4 is 10.1 Å². The summed E-state index contributed by atoms with van der Waals surface area (Å²) in [5, 5.41) is 3.18. The van der Waals surface area contributed by atoms with E-state index in [2.05, 4.69) is 5.32 Å². The van der Waals surface area contributed by atoms with E-state index in [9.17, 15) is 8.78 Å². The third-order valence-corrected chi connectivity index (χ3v) is 3.20. The largest absolute Gasteiger partial charge is 0.492 e. The van der Waals surface area contributed by atoms with Crippen LogP contribution in [0.4, 0.5) is 8.78 Å². The highest BCUT2D eigenvalue weighted by Gasteiger charge is 2.08. The number of hydrogen-bond donors (Lipinski definition) is 1. The van der Waals surface area contributed by atoms with Gasteiger partial charge in [-0.25, -0.2) is 8.78 Å². The Hall–Kier alpha value is -1.94. The molecular formula is C17H19F2NO. The number of hydrogen-bond acceptors (Lipinski definition) is 2. The average molecular weight is 291 g/mol. The topological polar surface area (TPSA) is 21.3 Å². The van der Waals surface area contributed by atoms with Crippen molar-refractivity contribution < 1.29 is 13.5 Å². The summed E-state index contributed by atoms with van der Waals surface area (Å²) in [5.41, 5.74) is 1.73. The van der Waals surface area contributed by atoms with E-state index in [1.165, 1.54) is 12.1 Å². The van der Waals surface area contributed by atoms with Crippen molar-refractivity contribution in [2.24, 2.45) is 0 Å². The second-order valence-corrected chi connectivity index (χ2v) is 5.04. The molecule has 112 valence electrons. The Balaban J connectivity index is 1.80. The lowest BCUT2D eigenvalue weighted by Gasteiger charge is -2.15. The monoisotopic (exact) mass is 291 g/mol. The molecule has 2 nitrogen and oxygen atoms in total. The molecular weight excluding hydrogens is 272 g/mol. The van der Waals surface area contributed by atoms with Crippen molar-refractivity contribution >= 4 is 0 Å². The number of aryl methyl sites for hydroxylation is 1. The Bertz CT molecular complexity index is 581. The third-order valence-electron chi connectivity index (χ3n) is 3.20. The minimum absolute atomic E-state index is 0.142. The second kappa shape index (κ2) is 7.18. The van der Waals surface area contributed by atoms with Crippen molar-refractivity contribution in [1.82, 2.24) is 5.32 Å². The molecule has 0 amide bonds. The molecule has 0 aliphatic heterocycles. The molecule has 1 N–H and O–H groups in total. The molecule has 1 unspecified atom stereocenters. The Morgan fingerprint density at radius 2 is 1.81 bits per heavy atom. The highest BCUT2D eigenvalue weighted by atomic mass is 19.1. The Labute approximate surface area is 123 Å². The van der Waals surface area contributed by atoms with E-state index in [1.54, 1.807) is 0 Å². The molecule has 0 saturated heterocycles. The van der Waals surface area contributed by atoms with Crippen LogP contribution in [0.25, 0.3) is 0 Å². The molecule has 0 aromatic heterocycles. The van der Waals surface area contributed by atoms with E-state index in [0.29, 0.717) is 18.7 Å². The summed E-state index contributed by atoms with van der Waals surface area (Å²) < 4.78 is 31.9. The first-order chi connectivity index (χ1) is 10.0. The number of halogens is 2. The third kappa shape index (κ3) is 4.83. The molecule has 0 fully saturated rings. The van der Waals surface area contributed by atoms with Gasteiger partial charge in [0.2, 0.25) is 0 Å². The van der Waals surface area contributed by atoms with Gasteiger partial charge in [0.05, 0.1) is 0 Å². The fourth-order valence-electron chi connectivity index (χ4n) is 2.09. The van der Waals surface area contributed by atoms with E-state index in [-0.39, 0.29) is 6.04 Å². The van der Waals surface area contributed by atoms with Crippen LogP contribution in [0, 0.1) is 18.6 Å². The first-order valence-corrected chi connectivity index (χ1v) is 6.93. The van der Waals surface area contributed by atoms with E-state index in [0.717, 1.165) is 17.4 Å². The van der Waals surface area contributed by atoms with Gasteiger partial charge < -0.3 is 10.1 Å². The smallest absolute Gasteiger partial charge is 0.126 e. The maximum atomic E-state index is 13.1. The zero-order valence-electron chi connectivity index (χ0n) is 12.2. The summed E-state index contributed by atoms with van der Waals surface area (Å²) in [6.07, 6.45) is 0. The van der Waals surface area contributed by atoms with Crippen LogP contribution in [-0.2, 0) is 0 Å². The van der Waals surface area contributed by atoms with Crippen LogP contribution in [0.5, 0.6) is 5.75 Å². The van der Waals surface area contributed by atoms with E-state index in [4.69, 9.17) is 4.74 Å². The molecule has 0 bridgehead atoms. The van der Waals surface area contributed by atoms with Crippen molar-refractivity contribution in [2.45, 2.75) is 19.9 Å². The quantitative estimate of drug-likeness (QED) is 0.812. The minimum Gasteiger partial charge on any atom is -0.492 e. The van der Waals surface area contributed by atoms with Crippen LogP contribution >= 0.6 is 0 Å². The van der Waals surface area contributed by atoms with Crippen LogP contribution in [0.15, 0.2) is 42.5 Å². The first-order valence-electron chi connectivity index (χ1n) is 6.93. The molecule has 1 atom stereocenters. The van der Waals surface area contributed by atoms with Crippen molar-refractivity contribution in [1.29, 1.82) is 0 Å². The second-order valence-electron chi connectivity index (χ2n) is 5.04. The molecule has 0 heterocycles. The zero-order valence-corrected chi connectivity index (χ0v) is 12.2. The van der Waals surface area contributed by atoms with Gasteiger partial charge in [-0.15, -0.1) is 0 Å². The number of nitrogens with one attached hydrogen (secondary N) is 1. The summed E-state index contributed by atoms with van der Waals surface area (Å²) in [5.74, 6) is -0.300. The van der Waals surface area contributed by atoms with Gasteiger partial charge in [0, 0.05) is 18.7 Å². The predicted octanol–water partition coefficient (Wildman–Crippen LogP) is 4.00. The lowest BCUT2D eigenvalue weighted by atomic mass is 10.1. The summed E-state index contributed by atoms with van der Waals surface area (Å²) in [7, 11) is 0. The van der Waals surface area contributed by atoms with Gasteiger partial charge in [-0.2, -0.15) is 0 Å². The minimum atomic E-state index is -0.560. The van der Waals surface area contributed by atoms with Crippen LogP contribution in [0.1, 0.15) is 24.1 Å². The van der Waals surface area contributed by atoms with Crippen molar-refractivity contribution in [3.8, 4) is 5.75 Å². The fourth-order valence-corrected chi connectivity index (χ4v) is 2.09. The van der Waals surface area contributed by atoms with Crippen LogP contribution in [0.3, 0.4) is 0 Å². The lowest BCUT2D eigenvalue weighted by Crippen LogP contribution is -2.24. The van der Waals surface area contributed by atoms with Gasteiger partial charge in [-0.3, -0.25) is 0 Å². The van der Waals surface area contributed by atoms with E-state index < -0.39 is 11.6 Å². The Kier molecular flexibility index (Phi) is 5.28. The van der Waals surface area contributed by atoms with Crippen molar-refractivity contribution in [2.75, 3.05) is 13.2 Å². The summed E-state index contributed by atoms with van der Waals surface area (Å²) in [4.78, 5) is 0. The molecule has 2 rings (SSSR count). The fraction of sp³-hybridized carbons (Fsp3) is 0.294. The number of benzene rings is 2. The van der Waals surface area contributed by atoms with Crippen LogP contribution in [0.2, 0.25) is 0 Å². The molecule has 4 heteroatoms. The molecule has 0 radical (unpaired) electrons. The number of ether oxygens (including phenoxy) is 1. The number of rotatable bonds is 6. The molecule has 0 saturated carbocycles. The molecule has 0 aliphatic rings. The standard InChI is InChI=1S/C17H19F2NO/c1-12-4-3-5-17(8-12)21-7-6-20-13(2)14-9-15(18)11-16(19)10-14/h3-5,8-11,13,20H,6-7H2,1-2H3. The molecule has 0 spiro atoms. The first kappa shape index (κ1) is 15.4. The summed E-state index contributed by atoms with van der Waals surface area (Å²) >= 11 is 0. The predicted molar refractivity (Wildman–Crippen MR) is 79.4 cm³/mol.